The van der Waals surface area contributed by atoms with Gasteiger partial charge in [0, 0.05) is 31.5 Å². The number of piperidine rings is 1. The quantitative estimate of drug-likeness (QED) is 0.609. The van der Waals surface area contributed by atoms with Gasteiger partial charge in [-0.2, -0.15) is 12.7 Å². The normalized spacial score (nSPS) is 19.3. The predicted molar refractivity (Wildman–Crippen MR) is 121 cm³/mol. The van der Waals surface area contributed by atoms with Gasteiger partial charge in [-0.15, -0.1) is 0 Å². The average molecular weight is 448 g/mol. The molecule has 1 amide bonds. The summed E-state index contributed by atoms with van der Waals surface area (Å²) >= 11 is 0. The molecular formula is C23H33N3O4S. The summed E-state index contributed by atoms with van der Waals surface area (Å²) in [4.78, 5) is 13.1. The Morgan fingerprint density at radius 3 is 2.45 bits per heavy atom. The summed E-state index contributed by atoms with van der Waals surface area (Å²) in [6.07, 6.45) is 7.94. The zero-order chi connectivity index (χ0) is 22.3. The van der Waals surface area contributed by atoms with E-state index in [0.717, 1.165) is 24.8 Å². The molecule has 0 atom stereocenters. The molecule has 170 valence electrons. The van der Waals surface area contributed by atoms with Crippen LogP contribution >= 0.6 is 0 Å². The fourth-order valence-electron chi connectivity index (χ4n) is 4.30. The minimum Gasteiger partial charge on any atom is -0.495 e. The summed E-state index contributed by atoms with van der Waals surface area (Å²) in [5, 5.41) is 3.02. The number of methoxy groups -OCH3 is 1. The van der Waals surface area contributed by atoms with Gasteiger partial charge in [0.1, 0.15) is 5.76 Å². The second-order valence-corrected chi connectivity index (χ2v) is 9.89. The average Bonchev–Trinajstić information content (AvgIpc) is 2.79. The molecule has 2 aliphatic rings. The Balaban J connectivity index is 1.75. The Kier molecular flexibility index (Phi) is 7.91. The minimum absolute atomic E-state index is 0.0830. The molecule has 1 fully saturated rings. The van der Waals surface area contributed by atoms with E-state index in [2.05, 4.69) is 10.0 Å². The predicted octanol–water partition coefficient (Wildman–Crippen LogP) is 2.98. The van der Waals surface area contributed by atoms with Gasteiger partial charge in [0.15, 0.2) is 0 Å². The van der Waals surface area contributed by atoms with E-state index in [1.807, 2.05) is 49.4 Å². The van der Waals surface area contributed by atoms with E-state index in [1.54, 1.807) is 7.11 Å². The lowest BCUT2D eigenvalue weighted by Crippen LogP contribution is -2.50. The van der Waals surface area contributed by atoms with Gasteiger partial charge in [-0.3, -0.25) is 4.79 Å². The maximum absolute atomic E-state index is 13.1. The van der Waals surface area contributed by atoms with Gasteiger partial charge in [0.2, 0.25) is 5.91 Å². The molecule has 1 aromatic carbocycles. The number of ether oxygens (including phenoxy) is 1. The molecule has 0 unspecified atom stereocenters. The van der Waals surface area contributed by atoms with E-state index >= 15 is 0 Å². The minimum atomic E-state index is -3.49. The number of carbonyl (C=O) groups is 1. The van der Waals surface area contributed by atoms with E-state index in [9.17, 15) is 13.2 Å². The van der Waals surface area contributed by atoms with Crippen molar-refractivity contribution in [3.8, 4) is 0 Å². The maximum atomic E-state index is 13.1. The zero-order valence-electron chi connectivity index (χ0n) is 18.4. The molecule has 3 rings (SSSR count). The van der Waals surface area contributed by atoms with Crippen LogP contribution in [0.5, 0.6) is 0 Å². The zero-order valence-corrected chi connectivity index (χ0v) is 19.2. The number of rotatable bonds is 9. The van der Waals surface area contributed by atoms with Crippen molar-refractivity contribution < 1.29 is 17.9 Å². The molecule has 1 saturated heterocycles. The first kappa shape index (κ1) is 23.5. The molecule has 0 bridgehead atoms. The van der Waals surface area contributed by atoms with E-state index in [4.69, 9.17) is 4.74 Å². The van der Waals surface area contributed by atoms with Crippen LogP contribution in [0.3, 0.4) is 0 Å². The van der Waals surface area contributed by atoms with Crippen LogP contribution in [0.1, 0.15) is 51.0 Å². The van der Waals surface area contributed by atoms with Crippen molar-refractivity contribution in [2.24, 2.45) is 0 Å². The summed E-state index contributed by atoms with van der Waals surface area (Å²) in [5.41, 5.74) is 1.38. The van der Waals surface area contributed by atoms with Crippen LogP contribution < -0.4 is 10.0 Å². The molecule has 0 aromatic heterocycles. The number of benzene rings is 1. The molecule has 1 aliphatic heterocycles. The van der Waals surface area contributed by atoms with Crippen molar-refractivity contribution in [3.05, 3.63) is 59.5 Å². The van der Waals surface area contributed by atoms with Crippen molar-refractivity contribution in [2.75, 3.05) is 26.7 Å². The number of nitrogens with zero attached hydrogens (tertiary/aromatic N) is 1. The van der Waals surface area contributed by atoms with Gasteiger partial charge < -0.3 is 10.1 Å². The third kappa shape index (κ3) is 5.75. The number of nitrogens with one attached hydrogen (secondary N) is 2. The second kappa shape index (κ2) is 10.4. The van der Waals surface area contributed by atoms with Gasteiger partial charge in [-0.25, -0.2) is 4.72 Å². The lowest BCUT2D eigenvalue weighted by atomic mass is 9.70. The molecule has 31 heavy (non-hydrogen) atoms. The first-order valence-electron chi connectivity index (χ1n) is 10.9. The largest absolute Gasteiger partial charge is 0.495 e. The number of amides is 1. The van der Waals surface area contributed by atoms with Gasteiger partial charge in [-0.05, 0) is 43.7 Å². The van der Waals surface area contributed by atoms with Crippen LogP contribution in [0.25, 0.3) is 0 Å². The van der Waals surface area contributed by atoms with Gasteiger partial charge in [-0.1, -0.05) is 43.3 Å². The molecule has 1 aromatic rings. The van der Waals surface area contributed by atoms with E-state index in [1.165, 1.54) is 4.31 Å². The fraction of sp³-hybridized carbons (Fsp3) is 0.522. The summed E-state index contributed by atoms with van der Waals surface area (Å²) in [6, 6.07) is 9.96. The lowest BCUT2D eigenvalue weighted by Gasteiger charge is -2.41. The topological polar surface area (TPSA) is 87.7 Å². The van der Waals surface area contributed by atoms with E-state index in [0.29, 0.717) is 50.4 Å². The molecular weight excluding hydrogens is 414 g/mol. The lowest BCUT2D eigenvalue weighted by molar-refractivity contribution is -0.122. The molecule has 0 spiro atoms. The van der Waals surface area contributed by atoms with Gasteiger partial charge in [0.25, 0.3) is 10.2 Å². The first-order chi connectivity index (χ1) is 14.9. The number of carbonyl (C=O) groups excluding carboxylic acids is 1. The summed E-state index contributed by atoms with van der Waals surface area (Å²) in [6.45, 7) is 3.12. The van der Waals surface area contributed by atoms with Crippen LogP contribution in [0.4, 0.5) is 0 Å². The van der Waals surface area contributed by atoms with Crippen LogP contribution in [0.15, 0.2) is 53.9 Å². The third-order valence-corrected chi connectivity index (χ3v) is 7.66. The molecule has 0 saturated carbocycles. The van der Waals surface area contributed by atoms with E-state index in [-0.39, 0.29) is 5.91 Å². The fourth-order valence-corrected chi connectivity index (χ4v) is 5.60. The summed E-state index contributed by atoms with van der Waals surface area (Å²) < 4.78 is 34.6. The highest BCUT2D eigenvalue weighted by Crippen LogP contribution is 2.39. The Hall–Kier alpha value is -2.16. The molecule has 8 heteroatoms. The van der Waals surface area contributed by atoms with Crippen molar-refractivity contribution in [2.45, 2.75) is 50.9 Å². The maximum Gasteiger partial charge on any atom is 0.279 e. The van der Waals surface area contributed by atoms with Crippen LogP contribution in [-0.4, -0.2) is 45.4 Å². The highest BCUT2D eigenvalue weighted by Gasteiger charge is 2.40. The number of allylic oxidation sites excluding steroid dienone is 2. The van der Waals surface area contributed by atoms with Crippen LogP contribution in [-0.2, 0) is 25.2 Å². The summed E-state index contributed by atoms with van der Waals surface area (Å²) in [7, 11) is -1.89. The first-order valence-corrected chi connectivity index (χ1v) is 12.4. The van der Waals surface area contributed by atoms with Crippen molar-refractivity contribution in [1.29, 1.82) is 0 Å². The van der Waals surface area contributed by atoms with Crippen LogP contribution in [0.2, 0.25) is 0 Å². The Morgan fingerprint density at radius 1 is 1.13 bits per heavy atom. The Labute approximate surface area is 185 Å². The van der Waals surface area contributed by atoms with Gasteiger partial charge in [0.05, 0.1) is 12.8 Å². The molecule has 1 aliphatic carbocycles. The molecule has 7 nitrogen and oxygen atoms in total. The Bertz CT molecular complexity index is 917. The highest BCUT2D eigenvalue weighted by atomic mass is 32.2. The molecule has 1 heterocycles. The van der Waals surface area contributed by atoms with Crippen molar-refractivity contribution in [3.63, 3.8) is 0 Å². The number of hydrogen-bond acceptors (Lipinski definition) is 4. The molecule has 2 N–H and O–H groups in total. The van der Waals surface area contributed by atoms with E-state index < -0.39 is 15.6 Å². The number of hydrogen-bond donors (Lipinski definition) is 2. The smallest absolute Gasteiger partial charge is 0.279 e. The van der Waals surface area contributed by atoms with Crippen molar-refractivity contribution in [1.82, 2.24) is 14.3 Å². The SMILES string of the molecule is CCCNS(=O)(=O)N1CCC(CC(=O)NC2=CCCC=C2OC)(c2ccccc2)CC1. The molecule has 0 radical (unpaired) electrons. The summed E-state index contributed by atoms with van der Waals surface area (Å²) in [5.74, 6) is 0.608. The highest BCUT2D eigenvalue weighted by molar-refractivity contribution is 7.87. The van der Waals surface area contributed by atoms with Crippen LogP contribution in [0, 0.1) is 0 Å². The second-order valence-electron chi connectivity index (χ2n) is 8.14. The standard InChI is InChI=1S/C23H33N3O4S/c1-3-15-24-31(28,29)26-16-13-23(14-17-26,19-9-5-4-6-10-19)18-22(27)25-20-11-7-8-12-21(20)30-2/h4-6,9-12,24H,3,7-8,13-18H2,1-2H3,(H,25,27). The third-order valence-electron chi connectivity index (χ3n) is 6.04. The van der Waals surface area contributed by atoms with Gasteiger partial charge >= 0.3 is 0 Å². The monoisotopic (exact) mass is 447 g/mol. The van der Waals surface area contributed by atoms with Crippen molar-refractivity contribution >= 4 is 16.1 Å². The Morgan fingerprint density at radius 2 is 1.81 bits per heavy atom.